The van der Waals surface area contributed by atoms with Gasteiger partial charge in [0.05, 0.1) is 0 Å². The second-order valence-electron chi connectivity index (χ2n) is 2.86. The van der Waals surface area contributed by atoms with Gasteiger partial charge in [-0.15, -0.1) is 0 Å². The van der Waals surface area contributed by atoms with Gasteiger partial charge in [0.25, 0.3) is 0 Å². The van der Waals surface area contributed by atoms with Gasteiger partial charge in [-0.25, -0.2) is 4.99 Å². The molecular formula is C13H20N2O. The summed E-state index contributed by atoms with van der Waals surface area (Å²) in [7, 11) is 0. The molecule has 0 spiro atoms. The molecule has 1 rings (SSSR count). The molecule has 3 nitrogen and oxygen atoms in total. The highest BCUT2D eigenvalue weighted by Crippen LogP contribution is 2.06. The molecule has 0 saturated carbocycles. The largest absolute Gasteiger partial charge is 0.394 e. The molecule has 0 bridgehead atoms. The van der Waals surface area contributed by atoms with E-state index in [0.717, 1.165) is 11.1 Å². The van der Waals surface area contributed by atoms with Crippen LogP contribution in [0.2, 0.25) is 0 Å². The monoisotopic (exact) mass is 220 g/mol. The van der Waals surface area contributed by atoms with Crippen molar-refractivity contribution in [3.8, 4) is 0 Å². The maximum absolute atomic E-state index is 4.94. The zero-order valence-corrected chi connectivity index (χ0v) is 10.5. The number of hydrogen-bond donors (Lipinski definition) is 0. The number of aliphatic imine (C=N–C) groups is 1. The zero-order valence-electron chi connectivity index (χ0n) is 10.5. The average molecular weight is 220 g/mol. The van der Waals surface area contributed by atoms with Crippen LogP contribution < -0.4 is 0 Å². The fourth-order valence-electron chi connectivity index (χ4n) is 1.08. The van der Waals surface area contributed by atoms with Crippen molar-refractivity contribution >= 4 is 12.6 Å². The van der Waals surface area contributed by atoms with Crippen LogP contribution in [0.3, 0.4) is 0 Å². The van der Waals surface area contributed by atoms with Gasteiger partial charge in [-0.05, 0) is 26.6 Å². The van der Waals surface area contributed by atoms with Gasteiger partial charge in [-0.2, -0.15) is 0 Å². The molecule has 0 atom stereocenters. The van der Waals surface area contributed by atoms with Crippen LogP contribution >= 0.6 is 0 Å². The van der Waals surface area contributed by atoms with Crippen molar-refractivity contribution < 1.29 is 4.84 Å². The summed E-state index contributed by atoms with van der Waals surface area (Å²) in [5.41, 5.74) is 2.09. The Morgan fingerprint density at radius 2 is 2.06 bits per heavy atom. The van der Waals surface area contributed by atoms with Gasteiger partial charge in [-0.1, -0.05) is 42.8 Å². The Bertz CT molecular complexity index is 346. The normalized spacial score (nSPS) is 10.1. The standard InChI is InChI=1S/C11H14N2O.C2H6/c1-4-14-13-11(12-3)10-7-5-6-9(2)8-10;1-2/h5-8H,3-4H2,1-2H3;1-2H3/b13-11-;. The Balaban J connectivity index is 0.00000106. The first kappa shape index (κ1) is 14.4. The van der Waals surface area contributed by atoms with Crippen LogP contribution in [0.5, 0.6) is 0 Å². The lowest BCUT2D eigenvalue weighted by Gasteiger charge is -2.01. The third-order valence-corrected chi connectivity index (χ3v) is 1.71. The Hall–Kier alpha value is -1.64. The maximum Gasteiger partial charge on any atom is 0.198 e. The van der Waals surface area contributed by atoms with Crippen LogP contribution in [0, 0.1) is 6.92 Å². The van der Waals surface area contributed by atoms with Crippen molar-refractivity contribution in [3.05, 3.63) is 35.4 Å². The highest BCUT2D eigenvalue weighted by atomic mass is 16.6. The van der Waals surface area contributed by atoms with Crippen LogP contribution in [0.15, 0.2) is 34.4 Å². The number of rotatable bonds is 3. The molecule has 0 aliphatic rings. The van der Waals surface area contributed by atoms with Gasteiger partial charge in [0.2, 0.25) is 0 Å². The van der Waals surface area contributed by atoms with E-state index >= 15 is 0 Å². The lowest BCUT2D eigenvalue weighted by Crippen LogP contribution is -1.98. The molecule has 0 heterocycles. The second kappa shape index (κ2) is 8.65. The molecule has 1 aromatic rings. The molecule has 0 N–H and O–H groups in total. The maximum atomic E-state index is 4.94. The molecular weight excluding hydrogens is 200 g/mol. The fourth-order valence-corrected chi connectivity index (χ4v) is 1.08. The highest BCUT2D eigenvalue weighted by Gasteiger charge is 2.00. The molecule has 0 saturated heterocycles. The second-order valence-corrected chi connectivity index (χ2v) is 2.86. The molecule has 0 fully saturated rings. The topological polar surface area (TPSA) is 34.0 Å². The molecule has 16 heavy (non-hydrogen) atoms. The van der Waals surface area contributed by atoms with Crippen LogP contribution in [-0.4, -0.2) is 19.2 Å². The van der Waals surface area contributed by atoms with Crippen LogP contribution in [0.25, 0.3) is 0 Å². The van der Waals surface area contributed by atoms with E-state index in [-0.39, 0.29) is 0 Å². The quantitative estimate of drug-likeness (QED) is 0.436. The molecule has 0 aliphatic heterocycles. The van der Waals surface area contributed by atoms with E-state index in [4.69, 9.17) is 4.84 Å². The molecule has 0 aliphatic carbocycles. The molecule has 3 heteroatoms. The predicted molar refractivity (Wildman–Crippen MR) is 70.2 cm³/mol. The average Bonchev–Trinajstić information content (AvgIpc) is 2.33. The smallest absolute Gasteiger partial charge is 0.198 e. The first-order valence-electron chi connectivity index (χ1n) is 5.51. The van der Waals surface area contributed by atoms with Gasteiger partial charge >= 0.3 is 0 Å². The van der Waals surface area contributed by atoms with E-state index in [1.54, 1.807) is 0 Å². The number of aryl methyl sites for hydroxylation is 1. The Labute approximate surface area is 97.9 Å². The van der Waals surface area contributed by atoms with E-state index in [2.05, 4.69) is 16.9 Å². The summed E-state index contributed by atoms with van der Waals surface area (Å²) in [4.78, 5) is 8.75. The molecule has 88 valence electrons. The number of amidine groups is 1. The number of hydrogen-bond acceptors (Lipinski definition) is 2. The first-order chi connectivity index (χ1) is 7.77. The number of benzene rings is 1. The molecule has 0 aromatic heterocycles. The minimum absolute atomic E-state index is 0.524. The van der Waals surface area contributed by atoms with Crippen molar-refractivity contribution in [3.63, 3.8) is 0 Å². The lowest BCUT2D eigenvalue weighted by molar-refractivity contribution is 0.158. The summed E-state index contributed by atoms with van der Waals surface area (Å²) < 4.78 is 0. The Morgan fingerprint density at radius 1 is 1.38 bits per heavy atom. The van der Waals surface area contributed by atoms with E-state index in [0.29, 0.717) is 12.4 Å². The lowest BCUT2D eigenvalue weighted by atomic mass is 10.1. The van der Waals surface area contributed by atoms with Gasteiger partial charge in [0.15, 0.2) is 5.84 Å². The summed E-state index contributed by atoms with van der Waals surface area (Å²) in [5.74, 6) is 0.524. The van der Waals surface area contributed by atoms with Crippen LogP contribution in [0.4, 0.5) is 0 Å². The SMILES string of the molecule is C=N/C(=N\OCC)c1cccc(C)c1.CC. The predicted octanol–water partition coefficient (Wildman–Crippen LogP) is 3.42. The Morgan fingerprint density at radius 3 is 2.56 bits per heavy atom. The fraction of sp³-hybridized carbons (Fsp3) is 0.385. The van der Waals surface area contributed by atoms with Crippen molar-refractivity contribution in [1.29, 1.82) is 0 Å². The third kappa shape index (κ3) is 4.73. The molecule has 0 unspecified atom stereocenters. The summed E-state index contributed by atoms with van der Waals surface area (Å²) in [6.07, 6.45) is 0. The third-order valence-electron chi connectivity index (χ3n) is 1.71. The number of oxime groups is 1. The molecule has 0 amide bonds. The summed E-state index contributed by atoms with van der Waals surface area (Å²) >= 11 is 0. The first-order valence-corrected chi connectivity index (χ1v) is 5.51. The summed E-state index contributed by atoms with van der Waals surface area (Å²) in [5, 5.41) is 3.86. The van der Waals surface area contributed by atoms with Gasteiger partial charge in [0, 0.05) is 5.56 Å². The van der Waals surface area contributed by atoms with E-state index < -0.39 is 0 Å². The number of nitrogens with zero attached hydrogens (tertiary/aromatic N) is 2. The summed E-state index contributed by atoms with van der Waals surface area (Å²) in [6.45, 7) is 11.9. The van der Waals surface area contributed by atoms with E-state index in [1.165, 1.54) is 0 Å². The van der Waals surface area contributed by atoms with Gasteiger partial charge in [0.1, 0.15) is 6.61 Å². The Kier molecular flexibility index (Phi) is 7.76. The van der Waals surface area contributed by atoms with Crippen molar-refractivity contribution in [2.75, 3.05) is 6.61 Å². The van der Waals surface area contributed by atoms with E-state index in [1.807, 2.05) is 52.0 Å². The van der Waals surface area contributed by atoms with Gasteiger partial charge in [-0.3, -0.25) is 0 Å². The summed E-state index contributed by atoms with van der Waals surface area (Å²) in [6, 6.07) is 7.90. The molecule has 0 radical (unpaired) electrons. The van der Waals surface area contributed by atoms with Crippen molar-refractivity contribution in [2.24, 2.45) is 10.1 Å². The molecule has 1 aromatic carbocycles. The zero-order chi connectivity index (χ0) is 12.4. The van der Waals surface area contributed by atoms with Crippen LogP contribution in [-0.2, 0) is 4.84 Å². The minimum Gasteiger partial charge on any atom is -0.394 e. The highest BCUT2D eigenvalue weighted by molar-refractivity contribution is 6.01. The van der Waals surface area contributed by atoms with Crippen molar-refractivity contribution in [2.45, 2.75) is 27.7 Å². The minimum atomic E-state index is 0.524. The van der Waals surface area contributed by atoms with Gasteiger partial charge < -0.3 is 4.84 Å². The van der Waals surface area contributed by atoms with Crippen LogP contribution in [0.1, 0.15) is 31.9 Å². The van der Waals surface area contributed by atoms with E-state index in [9.17, 15) is 0 Å². The van der Waals surface area contributed by atoms with Crippen molar-refractivity contribution in [1.82, 2.24) is 0 Å².